The Balaban J connectivity index is 2.71. The molecule has 2 unspecified atom stereocenters. The lowest BCUT2D eigenvalue weighted by atomic mass is 9.91. The molecule has 0 aromatic heterocycles. The molecule has 0 aliphatic carbocycles. The molecule has 0 saturated heterocycles. The zero-order valence-electron chi connectivity index (χ0n) is 16.5. The molecule has 1 rings (SSSR count). The van der Waals surface area contributed by atoms with Crippen LogP contribution in [0, 0.1) is 5.92 Å². The molecule has 0 heterocycles. The fraction of sp³-hybridized carbons (Fsp3) is 0.478. The van der Waals surface area contributed by atoms with Crippen molar-refractivity contribution in [2.24, 2.45) is 5.92 Å². The molecule has 1 aromatic carbocycles. The number of benzene rings is 1. The molecule has 0 amide bonds. The number of thioether (sulfide) groups is 1. The minimum Gasteiger partial charge on any atom is -0.377 e. The molecule has 0 aliphatic heterocycles. The summed E-state index contributed by atoms with van der Waals surface area (Å²) in [5.41, 5.74) is 6.21. The van der Waals surface area contributed by atoms with E-state index >= 15 is 0 Å². The van der Waals surface area contributed by atoms with E-state index in [0.717, 1.165) is 37.8 Å². The van der Waals surface area contributed by atoms with Crippen molar-refractivity contribution in [2.45, 2.75) is 58.2 Å². The lowest BCUT2D eigenvalue weighted by Crippen LogP contribution is -2.26. The zero-order chi connectivity index (χ0) is 18.8. The highest BCUT2D eigenvalue weighted by molar-refractivity contribution is 7.99. The van der Waals surface area contributed by atoms with Gasteiger partial charge in [0.2, 0.25) is 0 Å². The number of allylic oxidation sites excluding steroid dienone is 3. The first-order valence-corrected chi connectivity index (χ1v) is 10.5. The third-order valence-corrected chi connectivity index (χ3v) is 5.10. The first-order chi connectivity index (χ1) is 11.8. The van der Waals surface area contributed by atoms with Crippen molar-refractivity contribution in [3.8, 4) is 0 Å². The van der Waals surface area contributed by atoms with E-state index < -0.39 is 0 Å². The predicted molar refractivity (Wildman–Crippen MR) is 117 cm³/mol. The molecule has 1 nitrogen and oxygen atoms in total. The Morgan fingerprint density at radius 1 is 1.20 bits per heavy atom. The molecule has 2 heteroatoms. The normalized spacial score (nSPS) is 13.1. The lowest BCUT2D eigenvalue weighted by molar-refractivity contribution is 0.595. The van der Waals surface area contributed by atoms with Gasteiger partial charge in [0.05, 0.1) is 5.37 Å². The molecule has 138 valence electrons. The largest absolute Gasteiger partial charge is 0.377 e. The molecule has 0 saturated carbocycles. The predicted octanol–water partition coefficient (Wildman–Crippen LogP) is 6.83. The van der Waals surface area contributed by atoms with Crippen LogP contribution < -0.4 is 5.32 Å². The fourth-order valence-corrected chi connectivity index (χ4v) is 3.78. The standard InChI is InChI=1S/C23H35NS/c1-8-10-20(6)24-23(25-7)16-21-11-9-12-22(15-21)19(5)14-18(4)13-17(2)3/h9,11-12,15,18,23-24H,2,5-6,8,10,13-14,16H2,1,3-4,7H3. The highest BCUT2D eigenvalue weighted by Crippen LogP contribution is 2.26. The average Bonchev–Trinajstić information content (AvgIpc) is 2.53. The number of nitrogens with one attached hydrogen (secondary N) is 1. The molecular weight excluding hydrogens is 322 g/mol. The van der Waals surface area contributed by atoms with E-state index in [0.29, 0.717) is 11.3 Å². The molecule has 2 atom stereocenters. The van der Waals surface area contributed by atoms with Crippen LogP contribution in [0.15, 0.2) is 55.3 Å². The first kappa shape index (κ1) is 21.6. The van der Waals surface area contributed by atoms with E-state index in [4.69, 9.17) is 0 Å². The van der Waals surface area contributed by atoms with Gasteiger partial charge in [-0.25, -0.2) is 0 Å². The van der Waals surface area contributed by atoms with Gasteiger partial charge in [-0.2, -0.15) is 0 Å². The van der Waals surface area contributed by atoms with Crippen molar-refractivity contribution in [1.82, 2.24) is 5.32 Å². The van der Waals surface area contributed by atoms with Crippen LogP contribution in [0.25, 0.3) is 5.57 Å². The van der Waals surface area contributed by atoms with Gasteiger partial charge in [0, 0.05) is 12.1 Å². The Morgan fingerprint density at radius 2 is 1.92 bits per heavy atom. The van der Waals surface area contributed by atoms with E-state index in [1.54, 1.807) is 0 Å². The summed E-state index contributed by atoms with van der Waals surface area (Å²) in [4.78, 5) is 0. The van der Waals surface area contributed by atoms with Crippen LogP contribution in [0.5, 0.6) is 0 Å². The molecule has 0 spiro atoms. The second-order valence-corrected chi connectivity index (χ2v) is 8.24. The van der Waals surface area contributed by atoms with E-state index in [1.807, 2.05) is 11.8 Å². The summed E-state index contributed by atoms with van der Waals surface area (Å²) < 4.78 is 0. The van der Waals surface area contributed by atoms with Crippen LogP contribution in [-0.4, -0.2) is 11.6 Å². The van der Waals surface area contributed by atoms with Crippen molar-refractivity contribution in [3.63, 3.8) is 0 Å². The Labute approximate surface area is 159 Å². The molecule has 0 radical (unpaired) electrons. The van der Waals surface area contributed by atoms with Gasteiger partial charge in [-0.05, 0) is 55.1 Å². The van der Waals surface area contributed by atoms with Gasteiger partial charge in [-0.1, -0.05) is 63.3 Å². The van der Waals surface area contributed by atoms with Crippen LogP contribution in [-0.2, 0) is 6.42 Å². The van der Waals surface area contributed by atoms with Gasteiger partial charge in [0.25, 0.3) is 0 Å². The molecule has 0 fully saturated rings. The highest BCUT2D eigenvalue weighted by Gasteiger charge is 2.11. The van der Waals surface area contributed by atoms with Crippen LogP contribution >= 0.6 is 11.8 Å². The molecule has 0 aliphatic rings. The minimum atomic E-state index is 0.366. The molecule has 1 aromatic rings. The summed E-state index contributed by atoms with van der Waals surface area (Å²) in [5.74, 6) is 0.589. The lowest BCUT2D eigenvalue weighted by Gasteiger charge is -2.20. The third kappa shape index (κ3) is 8.49. The Hall–Kier alpha value is -1.41. The topological polar surface area (TPSA) is 12.0 Å². The van der Waals surface area contributed by atoms with Crippen LogP contribution in [0.4, 0.5) is 0 Å². The van der Waals surface area contributed by atoms with E-state index in [2.05, 4.69) is 76.3 Å². The smallest absolute Gasteiger partial charge is 0.0757 e. The van der Waals surface area contributed by atoms with Gasteiger partial charge >= 0.3 is 0 Å². The number of rotatable bonds is 12. The van der Waals surface area contributed by atoms with Crippen molar-refractivity contribution in [2.75, 3.05) is 6.26 Å². The van der Waals surface area contributed by atoms with Crippen molar-refractivity contribution < 1.29 is 0 Å². The second-order valence-electron chi connectivity index (χ2n) is 7.20. The number of hydrogen-bond acceptors (Lipinski definition) is 2. The minimum absolute atomic E-state index is 0.366. The first-order valence-electron chi connectivity index (χ1n) is 9.24. The van der Waals surface area contributed by atoms with Gasteiger partial charge in [0.1, 0.15) is 0 Å². The Bertz CT molecular complexity index is 588. The average molecular weight is 358 g/mol. The van der Waals surface area contributed by atoms with Crippen LogP contribution in [0.3, 0.4) is 0 Å². The maximum absolute atomic E-state index is 4.32. The van der Waals surface area contributed by atoms with Gasteiger partial charge < -0.3 is 5.32 Å². The van der Waals surface area contributed by atoms with Gasteiger partial charge in [-0.3, -0.25) is 0 Å². The van der Waals surface area contributed by atoms with Crippen LogP contribution in [0.2, 0.25) is 0 Å². The van der Waals surface area contributed by atoms with Crippen molar-refractivity contribution in [3.05, 3.63) is 66.4 Å². The van der Waals surface area contributed by atoms with E-state index in [1.165, 1.54) is 22.3 Å². The summed E-state index contributed by atoms with van der Waals surface area (Å²) >= 11 is 1.85. The molecule has 0 bridgehead atoms. The molecular formula is C23H35NS. The number of hydrogen-bond donors (Lipinski definition) is 1. The quantitative estimate of drug-likeness (QED) is 0.325. The second kappa shape index (κ2) is 11.3. The van der Waals surface area contributed by atoms with Crippen LogP contribution in [0.1, 0.15) is 57.6 Å². The molecule has 25 heavy (non-hydrogen) atoms. The van der Waals surface area contributed by atoms with E-state index in [-0.39, 0.29) is 0 Å². The monoisotopic (exact) mass is 357 g/mol. The SMILES string of the molecule is C=C(C)CC(C)CC(=C)c1cccc(CC(NC(=C)CCC)SC)c1. The van der Waals surface area contributed by atoms with E-state index in [9.17, 15) is 0 Å². The fourth-order valence-electron chi connectivity index (χ4n) is 3.13. The summed E-state index contributed by atoms with van der Waals surface area (Å²) in [6, 6.07) is 8.83. The maximum Gasteiger partial charge on any atom is 0.0757 e. The highest BCUT2D eigenvalue weighted by atomic mass is 32.2. The zero-order valence-corrected chi connectivity index (χ0v) is 17.3. The Morgan fingerprint density at radius 3 is 2.52 bits per heavy atom. The van der Waals surface area contributed by atoms with Gasteiger partial charge in [0.15, 0.2) is 0 Å². The summed E-state index contributed by atoms with van der Waals surface area (Å²) in [6.45, 7) is 19.0. The summed E-state index contributed by atoms with van der Waals surface area (Å²) in [7, 11) is 0. The van der Waals surface area contributed by atoms with Crippen molar-refractivity contribution >= 4 is 17.3 Å². The third-order valence-electron chi connectivity index (χ3n) is 4.25. The van der Waals surface area contributed by atoms with Gasteiger partial charge in [-0.15, -0.1) is 18.3 Å². The molecule has 1 N–H and O–H groups in total. The maximum atomic E-state index is 4.32. The summed E-state index contributed by atoms with van der Waals surface area (Å²) in [5, 5.41) is 3.92. The summed E-state index contributed by atoms with van der Waals surface area (Å²) in [6.07, 6.45) is 7.40. The van der Waals surface area contributed by atoms with Crippen molar-refractivity contribution in [1.29, 1.82) is 0 Å². The Kier molecular flexibility index (Phi) is 9.74.